The smallest absolute Gasteiger partial charge is 0.119 e. The minimum absolute atomic E-state index is 0.278. The fraction of sp³-hybridized carbons (Fsp3) is 0.200. The summed E-state index contributed by atoms with van der Waals surface area (Å²) in [7, 11) is 1.73. The molecule has 0 spiro atoms. The maximum absolute atomic E-state index is 5.51. The summed E-state index contributed by atoms with van der Waals surface area (Å²) >= 11 is 0. The number of nitrogens with one attached hydrogen (secondary N) is 2. The second kappa shape index (κ2) is 6.75. The highest BCUT2D eigenvalue weighted by Gasteiger charge is 2.30. The summed E-state index contributed by atoms with van der Waals surface area (Å²) in [6.07, 6.45) is 0.996. The van der Waals surface area contributed by atoms with Gasteiger partial charge in [0.25, 0.3) is 0 Å². The Morgan fingerprint density at radius 1 is 0.929 bits per heavy atom. The molecule has 28 heavy (non-hydrogen) atoms. The zero-order valence-corrected chi connectivity index (χ0v) is 16.2. The Bertz CT molecular complexity index is 1130. The van der Waals surface area contributed by atoms with Crippen molar-refractivity contribution in [3.63, 3.8) is 0 Å². The van der Waals surface area contributed by atoms with Crippen molar-refractivity contribution in [2.24, 2.45) is 0 Å². The molecule has 1 aliphatic heterocycles. The maximum atomic E-state index is 5.51. The molecule has 5 rings (SSSR count). The van der Waals surface area contributed by atoms with E-state index in [-0.39, 0.29) is 12.0 Å². The number of ether oxygens (including phenoxy) is 1. The van der Waals surface area contributed by atoms with Gasteiger partial charge in [0.05, 0.1) is 13.2 Å². The standard InChI is InChI=1S/C25H24N2O/c1-16-8-10-22-18(12-16)13-25(26-22)21-15-24(17-6-4-3-5-7-17)27-23-11-9-19(28-2)14-20(21)23/h3-14,21,24,26-27H,15H2,1-2H3/t21-,24-/m1/s1. The Balaban J connectivity index is 1.63. The third kappa shape index (κ3) is 2.93. The van der Waals surface area contributed by atoms with E-state index in [1.54, 1.807) is 7.11 Å². The zero-order valence-electron chi connectivity index (χ0n) is 16.2. The Kier molecular flexibility index (Phi) is 4.09. The van der Waals surface area contributed by atoms with E-state index in [2.05, 4.69) is 84.0 Å². The largest absolute Gasteiger partial charge is 0.497 e. The van der Waals surface area contributed by atoms with Gasteiger partial charge >= 0.3 is 0 Å². The van der Waals surface area contributed by atoms with Crippen molar-refractivity contribution in [3.8, 4) is 5.75 Å². The van der Waals surface area contributed by atoms with Gasteiger partial charge in [0, 0.05) is 22.8 Å². The van der Waals surface area contributed by atoms with Crippen molar-refractivity contribution in [2.45, 2.75) is 25.3 Å². The number of fused-ring (bicyclic) bond motifs is 2. The molecule has 2 atom stereocenters. The number of aryl methyl sites for hydroxylation is 1. The Hall–Kier alpha value is -3.20. The highest BCUT2D eigenvalue weighted by atomic mass is 16.5. The lowest BCUT2D eigenvalue weighted by molar-refractivity contribution is 0.413. The Morgan fingerprint density at radius 2 is 1.79 bits per heavy atom. The van der Waals surface area contributed by atoms with Crippen molar-refractivity contribution in [3.05, 3.63) is 95.2 Å². The third-order valence-electron chi connectivity index (χ3n) is 5.81. The lowest BCUT2D eigenvalue weighted by Crippen LogP contribution is -2.22. The van der Waals surface area contributed by atoms with Crippen LogP contribution in [0.3, 0.4) is 0 Å². The average Bonchev–Trinajstić information content (AvgIpc) is 3.16. The number of H-pyrrole nitrogens is 1. The molecule has 2 heterocycles. The fourth-order valence-corrected chi connectivity index (χ4v) is 4.36. The minimum Gasteiger partial charge on any atom is -0.497 e. The molecule has 3 aromatic carbocycles. The van der Waals surface area contributed by atoms with Crippen molar-refractivity contribution >= 4 is 16.6 Å². The molecule has 0 saturated heterocycles. The molecule has 1 aromatic heterocycles. The number of aromatic nitrogens is 1. The van der Waals surface area contributed by atoms with Crippen LogP contribution >= 0.6 is 0 Å². The van der Waals surface area contributed by atoms with Crippen molar-refractivity contribution in [2.75, 3.05) is 12.4 Å². The highest BCUT2D eigenvalue weighted by Crippen LogP contribution is 2.45. The van der Waals surface area contributed by atoms with Crippen LogP contribution in [0.25, 0.3) is 10.9 Å². The van der Waals surface area contributed by atoms with E-state index >= 15 is 0 Å². The van der Waals surface area contributed by atoms with Crippen molar-refractivity contribution in [1.29, 1.82) is 0 Å². The van der Waals surface area contributed by atoms with Gasteiger partial charge in [-0.05, 0) is 66.3 Å². The first kappa shape index (κ1) is 16.9. The van der Waals surface area contributed by atoms with E-state index in [0.717, 1.165) is 12.2 Å². The Morgan fingerprint density at radius 3 is 2.61 bits per heavy atom. The van der Waals surface area contributed by atoms with E-state index in [4.69, 9.17) is 4.74 Å². The van der Waals surface area contributed by atoms with Crippen LogP contribution in [-0.2, 0) is 0 Å². The predicted octanol–water partition coefficient (Wildman–Crippen LogP) is 6.17. The lowest BCUT2D eigenvalue weighted by atomic mass is 9.82. The molecule has 2 N–H and O–H groups in total. The van der Waals surface area contributed by atoms with Crippen LogP contribution in [0.15, 0.2) is 72.8 Å². The SMILES string of the molecule is COc1ccc2c(c1)[C@H](c1cc3cc(C)ccc3[nH]1)C[C@H](c1ccccc1)N2. The second-order valence-corrected chi connectivity index (χ2v) is 7.66. The number of hydrogen-bond donors (Lipinski definition) is 2. The first-order chi connectivity index (χ1) is 13.7. The molecular formula is C25H24N2O. The number of aromatic amines is 1. The normalized spacial score (nSPS) is 18.5. The number of benzene rings is 3. The molecule has 0 saturated carbocycles. The van der Waals surface area contributed by atoms with E-state index in [9.17, 15) is 0 Å². The molecule has 0 unspecified atom stereocenters. The molecule has 0 aliphatic carbocycles. The van der Waals surface area contributed by atoms with Gasteiger partial charge in [0.15, 0.2) is 0 Å². The third-order valence-corrected chi connectivity index (χ3v) is 5.81. The molecule has 0 fully saturated rings. The second-order valence-electron chi connectivity index (χ2n) is 7.66. The van der Waals surface area contributed by atoms with Crippen LogP contribution in [0.4, 0.5) is 5.69 Å². The topological polar surface area (TPSA) is 37.0 Å². The summed E-state index contributed by atoms with van der Waals surface area (Å²) in [5.41, 5.74) is 7.53. The molecule has 3 heteroatoms. The fourth-order valence-electron chi connectivity index (χ4n) is 4.36. The van der Waals surface area contributed by atoms with Gasteiger partial charge in [-0.2, -0.15) is 0 Å². The molecule has 0 radical (unpaired) electrons. The summed E-state index contributed by atoms with van der Waals surface area (Å²) < 4.78 is 5.51. The molecule has 0 amide bonds. The van der Waals surface area contributed by atoms with Gasteiger partial charge in [-0.25, -0.2) is 0 Å². The van der Waals surface area contributed by atoms with Crippen LogP contribution < -0.4 is 10.1 Å². The summed E-state index contributed by atoms with van der Waals surface area (Å²) in [5, 5.41) is 5.01. The highest BCUT2D eigenvalue weighted by molar-refractivity contribution is 5.81. The number of hydrogen-bond acceptors (Lipinski definition) is 2. The van der Waals surface area contributed by atoms with Crippen LogP contribution in [0.5, 0.6) is 5.75 Å². The first-order valence-corrected chi connectivity index (χ1v) is 9.80. The van der Waals surface area contributed by atoms with Crippen molar-refractivity contribution < 1.29 is 4.74 Å². The molecule has 3 nitrogen and oxygen atoms in total. The van der Waals surface area contributed by atoms with Crippen LogP contribution in [0.1, 0.15) is 40.8 Å². The molecular weight excluding hydrogens is 344 g/mol. The molecule has 1 aliphatic rings. The van der Waals surface area contributed by atoms with Crippen LogP contribution in [-0.4, -0.2) is 12.1 Å². The first-order valence-electron chi connectivity index (χ1n) is 9.80. The predicted molar refractivity (Wildman–Crippen MR) is 115 cm³/mol. The van der Waals surface area contributed by atoms with Crippen molar-refractivity contribution in [1.82, 2.24) is 4.98 Å². The van der Waals surface area contributed by atoms with E-state index < -0.39 is 0 Å². The summed E-state index contributed by atoms with van der Waals surface area (Å²) in [6, 6.07) is 26.2. The van der Waals surface area contributed by atoms with Crippen LogP contribution in [0, 0.1) is 6.92 Å². The number of rotatable bonds is 3. The quantitative estimate of drug-likeness (QED) is 0.453. The maximum Gasteiger partial charge on any atom is 0.119 e. The zero-order chi connectivity index (χ0) is 19.1. The van der Waals surface area contributed by atoms with Gasteiger partial charge in [-0.3, -0.25) is 0 Å². The summed E-state index contributed by atoms with van der Waals surface area (Å²) in [5.74, 6) is 1.18. The van der Waals surface area contributed by atoms with Gasteiger partial charge in [0.1, 0.15) is 5.75 Å². The average molecular weight is 368 g/mol. The lowest BCUT2D eigenvalue weighted by Gasteiger charge is -2.33. The molecule has 4 aromatic rings. The summed E-state index contributed by atoms with van der Waals surface area (Å²) in [4.78, 5) is 3.67. The van der Waals surface area contributed by atoms with Gasteiger partial charge in [-0.15, -0.1) is 0 Å². The number of anilines is 1. The molecule has 0 bridgehead atoms. The van der Waals surface area contributed by atoms with E-state index in [1.807, 2.05) is 6.07 Å². The van der Waals surface area contributed by atoms with Crippen LogP contribution in [0.2, 0.25) is 0 Å². The van der Waals surface area contributed by atoms with E-state index in [0.29, 0.717) is 0 Å². The monoisotopic (exact) mass is 368 g/mol. The van der Waals surface area contributed by atoms with Gasteiger partial charge in [-0.1, -0.05) is 42.0 Å². The number of methoxy groups -OCH3 is 1. The molecule has 140 valence electrons. The van der Waals surface area contributed by atoms with E-state index in [1.165, 1.54) is 39.0 Å². The minimum atomic E-state index is 0.278. The Labute approximate surface area is 165 Å². The summed E-state index contributed by atoms with van der Waals surface area (Å²) in [6.45, 7) is 2.14. The van der Waals surface area contributed by atoms with Gasteiger partial charge in [0.2, 0.25) is 0 Å². The van der Waals surface area contributed by atoms with Gasteiger partial charge < -0.3 is 15.0 Å².